The third kappa shape index (κ3) is 7.73. The molecule has 0 fully saturated rings. The molecule has 0 aliphatic rings. The number of nitrogens with one attached hydrogen (secondary N) is 2. The molecule has 9 nitrogen and oxygen atoms in total. The van der Waals surface area contributed by atoms with Crippen LogP contribution in [0.15, 0.2) is 53.4 Å². The molecule has 0 saturated heterocycles. The number of aliphatic hydroxyl groups is 1. The molecule has 0 saturated carbocycles. The predicted molar refractivity (Wildman–Crippen MR) is 111 cm³/mol. The highest BCUT2D eigenvalue weighted by Gasteiger charge is 2.31. The highest BCUT2D eigenvalue weighted by atomic mass is 32.2. The van der Waals surface area contributed by atoms with Gasteiger partial charge < -0.3 is 20.5 Å². The van der Waals surface area contributed by atoms with Crippen LogP contribution in [0.1, 0.15) is 22.0 Å². The van der Waals surface area contributed by atoms with Crippen LogP contribution in [0.2, 0.25) is 0 Å². The lowest BCUT2D eigenvalue weighted by Gasteiger charge is -2.14. The lowest BCUT2D eigenvalue weighted by atomic mass is 10.1. The van der Waals surface area contributed by atoms with Crippen molar-refractivity contribution in [1.29, 1.82) is 0 Å². The van der Waals surface area contributed by atoms with Crippen LogP contribution in [0.5, 0.6) is 5.75 Å². The summed E-state index contributed by atoms with van der Waals surface area (Å²) in [4.78, 5) is 24.1. The second-order valence-corrected chi connectivity index (χ2v) is 9.09. The first-order chi connectivity index (χ1) is 15.3. The number of rotatable bonds is 9. The van der Waals surface area contributed by atoms with Gasteiger partial charge >= 0.3 is 6.36 Å². The molecule has 13 heteroatoms. The Hall–Kier alpha value is -3.16. The number of hydrogen-bond donors (Lipinski definition) is 3. The van der Waals surface area contributed by atoms with Crippen LogP contribution in [-0.4, -0.2) is 63.2 Å². The van der Waals surface area contributed by atoms with E-state index in [1.165, 1.54) is 50.5 Å². The molecule has 0 aliphatic heterocycles. The number of sulfonamides is 1. The van der Waals surface area contributed by atoms with Crippen LogP contribution in [0.4, 0.5) is 13.2 Å². The Labute approximate surface area is 188 Å². The maximum atomic E-state index is 12.2. The van der Waals surface area contributed by atoms with Gasteiger partial charge in [0.25, 0.3) is 5.91 Å². The van der Waals surface area contributed by atoms with E-state index < -0.39 is 46.6 Å². The second-order valence-electron chi connectivity index (χ2n) is 6.93. The molecule has 2 aromatic rings. The van der Waals surface area contributed by atoms with E-state index >= 15 is 0 Å². The van der Waals surface area contributed by atoms with Gasteiger partial charge in [-0.3, -0.25) is 9.59 Å². The van der Waals surface area contributed by atoms with Crippen LogP contribution in [0.25, 0.3) is 0 Å². The molecule has 2 amide bonds. The molecular formula is C20H22F3N3O6S. The molecule has 2 aromatic carbocycles. The fourth-order valence-corrected chi connectivity index (χ4v) is 3.50. The summed E-state index contributed by atoms with van der Waals surface area (Å²) in [5, 5.41) is 14.8. The molecular weight excluding hydrogens is 467 g/mol. The molecule has 0 bridgehead atoms. The standard InChI is InChI=1S/C20H22F3N3O6S/c1-26(2)33(30,31)16-5-3-4-14(10-16)19(29)25-12-18(28)24-11-17(27)13-6-8-15(9-7-13)32-20(21,22)23/h3-10,17,27H,11-12H2,1-2H3,(H,24,28)(H,25,29). The number of aliphatic hydroxyl groups excluding tert-OH is 1. The summed E-state index contributed by atoms with van der Waals surface area (Å²) in [5.74, 6) is -1.77. The fourth-order valence-electron chi connectivity index (χ4n) is 2.55. The Balaban J connectivity index is 1.86. The first-order valence-corrected chi connectivity index (χ1v) is 10.8. The maximum absolute atomic E-state index is 12.2. The van der Waals surface area contributed by atoms with Crippen LogP contribution < -0.4 is 15.4 Å². The van der Waals surface area contributed by atoms with Crippen LogP contribution >= 0.6 is 0 Å². The molecule has 0 spiro atoms. The van der Waals surface area contributed by atoms with Crippen molar-refractivity contribution in [3.05, 3.63) is 59.7 Å². The predicted octanol–water partition coefficient (Wildman–Crippen LogP) is 1.42. The van der Waals surface area contributed by atoms with Crippen LogP contribution in [-0.2, 0) is 14.8 Å². The summed E-state index contributed by atoms with van der Waals surface area (Å²) in [6.07, 6.45) is -6.04. The normalized spacial score (nSPS) is 12.8. The Morgan fingerprint density at radius 2 is 1.73 bits per heavy atom. The zero-order valence-corrected chi connectivity index (χ0v) is 18.4. The van der Waals surface area contributed by atoms with Gasteiger partial charge in [0.05, 0.1) is 17.5 Å². The van der Waals surface area contributed by atoms with Crippen LogP contribution in [0.3, 0.4) is 0 Å². The first kappa shape index (κ1) is 26.1. The molecule has 1 atom stereocenters. The van der Waals surface area contributed by atoms with Gasteiger partial charge in [0.2, 0.25) is 15.9 Å². The minimum atomic E-state index is -4.83. The van der Waals surface area contributed by atoms with E-state index in [4.69, 9.17) is 0 Å². The maximum Gasteiger partial charge on any atom is 0.573 e. The monoisotopic (exact) mass is 489 g/mol. The third-order valence-corrected chi connectivity index (χ3v) is 6.09. The van der Waals surface area contributed by atoms with Crippen molar-refractivity contribution < 1.29 is 41.0 Å². The largest absolute Gasteiger partial charge is 0.573 e. The smallest absolute Gasteiger partial charge is 0.406 e. The first-order valence-electron chi connectivity index (χ1n) is 9.41. The summed E-state index contributed by atoms with van der Waals surface area (Å²) in [6, 6.07) is 9.78. The van der Waals surface area contributed by atoms with Crippen molar-refractivity contribution in [2.75, 3.05) is 27.2 Å². The van der Waals surface area contributed by atoms with E-state index in [-0.39, 0.29) is 22.6 Å². The third-order valence-electron chi connectivity index (χ3n) is 4.28. The van der Waals surface area contributed by atoms with E-state index in [0.29, 0.717) is 0 Å². The van der Waals surface area contributed by atoms with Crippen molar-refractivity contribution in [2.24, 2.45) is 0 Å². The molecule has 2 rings (SSSR count). The zero-order valence-electron chi connectivity index (χ0n) is 17.6. The number of nitrogens with zero attached hydrogens (tertiary/aromatic N) is 1. The average Bonchev–Trinajstić information content (AvgIpc) is 2.75. The van der Waals surface area contributed by atoms with E-state index in [2.05, 4.69) is 15.4 Å². The molecule has 1 unspecified atom stereocenters. The van der Waals surface area contributed by atoms with E-state index in [9.17, 15) is 36.3 Å². The number of alkyl halides is 3. The van der Waals surface area contributed by atoms with Crippen molar-refractivity contribution in [3.63, 3.8) is 0 Å². The van der Waals surface area contributed by atoms with E-state index in [1.807, 2.05) is 0 Å². The van der Waals surface area contributed by atoms with E-state index in [1.54, 1.807) is 0 Å². The Bertz CT molecular complexity index is 1090. The summed E-state index contributed by atoms with van der Waals surface area (Å²) in [6.45, 7) is -0.709. The van der Waals surface area contributed by atoms with Gasteiger partial charge in [-0.1, -0.05) is 18.2 Å². The topological polar surface area (TPSA) is 125 Å². The van der Waals surface area contributed by atoms with Crippen molar-refractivity contribution in [1.82, 2.24) is 14.9 Å². The fraction of sp³-hybridized carbons (Fsp3) is 0.300. The molecule has 0 heterocycles. The van der Waals surface area contributed by atoms with Gasteiger partial charge in [-0.05, 0) is 35.9 Å². The van der Waals surface area contributed by atoms with Crippen molar-refractivity contribution >= 4 is 21.8 Å². The number of carbonyl (C=O) groups is 2. The lowest BCUT2D eigenvalue weighted by Crippen LogP contribution is -2.38. The minimum Gasteiger partial charge on any atom is -0.406 e. The number of hydrogen-bond acceptors (Lipinski definition) is 6. The summed E-state index contributed by atoms with van der Waals surface area (Å²) in [7, 11) is -1.03. The highest BCUT2D eigenvalue weighted by molar-refractivity contribution is 7.89. The number of halogens is 3. The number of carbonyl (C=O) groups excluding carboxylic acids is 2. The van der Waals surface area contributed by atoms with Gasteiger partial charge in [-0.25, -0.2) is 12.7 Å². The lowest BCUT2D eigenvalue weighted by molar-refractivity contribution is -0.274. The minimum absolute atomic E-state index is 0.0342. The van der Waals surface area contributed by atoms with Crippen molar-refractivity contribution in [2.45, 2.75) is 17.4 Å². The molecule has 180 valence electrons. The van der Waals surface area contributed by atoms with Crippen molar-refractivity contribution in [3.8, 4) is 5.75 Å². The number of amides is 2. The Morgan fingerprint density at radius 3 is 2.30 bits per heavy atom. The Morgan fingerprint density at radius 1 is 1.09 bits per heavy atom. The van der Waals surface area contributed by atoms with Gasteiger partial charge in [-0.15, -0.1) is 13.2 Å². The average molecular weight is 489 g/mol. The summed E-state index contributed by atoms with van der Waals surface area (Å²) in [5.41, 5.74) is 0.278. The van der Waals surface area contributed by atoms with Gasteiger partial charge in [0, 0.05) is 26.2 Å². The number of ether oxygens (including phenoxy) is 1. The molecule has 0 aromatic heterocycles. The number of benzene rings is 2. The molecule has 0 radical (unpaired) electrons. The van der Waals surface area contributed by atoms with Gasteiger partial charge in [0.15, 0.2) is 0 Å². The summed E-state index contributed by atoms with van der Waals surface area (Å²) >= 11 is 0. The van der Waals surface area contributed by atoms with Gasteiger partial charge in [-0.2, -0.15) is 0 Å². The van der Waals surface area contributed by atoms with E-state index in [0.717, 1.165) is 16.4 Å². The zero-order chi connectivity index (χ0) is 24.8. The molecule has 3 N–H and O–H groups in total. The molecule has 0 aliphatic carbocycles. The second kappa shape index (κ2) is 10.6. The highest BCUT2D eigenvalue weighted by Crippen LogP contribution is 2.24. The molecule has 33 heavy (non-hydrogen) atoms. The SMILES string of the molecule is CN(C)S(=O)(=O)c1cccc(C(=O)NCC(=O)NCC(O)c2ccc(OC(F)(F)F)cc2)c1. The Kier molecular flexibility index (Phi) is 8.41. The van der Waals surface area contributed by atoms with Crippen LogP contribution in [0, 0.1) is 0 Å². The summed E-state index contributed by atoms with van der Waals surface area (Å²) < 4.78 is 65.6. The van der Waals surface area contributed by atoms with Gasteiger partial charge in [0.1, 0.15) is 5.75 Å². The quantitative estimate of drug-likeness (QED) is 0.489.